The van der Waals surface area contributed by atoms with Crippen LogP contribution in [0.2, 0.25) is 0 Å². The molecule has 0 bridgehead atoms. The topological polar surface area (TPSA) is 77.8 Å². The van der Waals surface area contributed by atoms with Gasteiger partial charge in [0.05, 0.1) is 0 Å². The summed E-state index contributed by atoms with van der Waals surface area (Å²) < 4.78 is 24.1. The van der Waals surface area contributed by atoms with Crippen LogP contribution in [0.5, 0.6) is 0 Å². The second-order valence-corrected chi connectivity index (χ2v) is 5.57. The maximum Gasteiger partial charge on any atom is 0.247 e. The van der Waals surface area contributed by atoms with Crippen LogP contribution in [0.15, 0.2) is 57.5 Å². The van der Waals surface area contributed by atoms with Crippen molar-refractivity contribution in [1.29, 1.82) is 0 Å². The van der Waals surface area contributed by atoms with Gasteiger partial charge in [-0.1, -0.05) is 41.1 Å². The lowest BCUT2D eigenvalue weighted by Crippen LogP contribution is -1.89. The van der Waals surface area contributed by atoms with E-state index in [4.69, 9.17) is 8.94 Å². The van der Waals surface area contributed by atoms with Crippen LogP contribution in [0.3, 0.4) is 0 Å². The van der Waals surface area contributed by atoms with Gasteiger partial charge in [-0.15, -0.1) is 10.2 Å². The van der Waals surface area contributed by atoms with E-state index in [1.165, 1.54) is 12.1 Å². The first-order chi connectivity index (χ1) is 12.2. The summed E-state index contributed by atoms with van der Waals surface area (Å²) >= 11 is 0. The largest absolute Gasteiger partial charge is 0.420 e. The predicted octanol–water partition coefficient (Wildman–Crippen LogP) is 3.82. The molecule has 0 aliphatic heterocycles. The SMILES string of the molecule is Cc1ccc(-c2noc(Cc3nnc(-c4cccc(F)c4)o3)n2)cc1. The van der Waals surface area contributed by atoms with Crippen LogP contribution >= 0.6 is 0 Å². The Morgan fingerprint density at radius 2 is 1.80 bits per heavy atom. The lowest BCUT2D eigenvalue weighted by molar-refractivity contribution is 0.374. The Hall–Kier alpha value is -3.35. The zero-order chi connectivity index (χ0) is 17.2. The first-order valence-corrected chi connectivity index (χ1v) is 7.65. The quantitative estimate of drug-likeness (QED) is 0.564. The van der Waals surface area contributed by atoms with Crippen molar-refractivity contribution in [2.24, 2.45) is 0 Å². The number of aromatic nitrogens is 4. The standard InChI is InChI=1S/C18H13FN4O2/c1-11-5-7-12(8-6-11)17-20-15(25-23-17)10-16-21-22-18(24-16)13-3-2-4-14(19)9-13/h2-9H,10H2,1H3. The van der Waals surface area contributed by atoms with Crippen LogP contribution in [-0.2, 0) is 6.42 Å². The van der Waals surface area contributed by atoms with Gasteiger partial charge in [0.25, 0.3) is 0 Å². The normalized spacial score (nSPS) is 11.0. The van der Waals surface area contributed by atoms with Crippen LogP contribution in [0.1, 0.15) is 17.3 Å². The van der Waals surface area contributed by atoms with E-state index in [1.54, 1.807) is 12.1 Å². The van der Waals surface area contributed by atoms with Gasteiger partial charge in [-0.05, 0) is 25.1 Å². The molecule has 0 saturated heterocycles. The fraction of sp³-hybridized carbons (Fsp3) is 0.111. The van der Waals surface area contributed by atoms with E-state index < -0.39 is 0 Å². The molecule has 0 N–H and O–H groups in total. The number of aryl methyl sites for hydroxylation is 1. The highest BCUT2D eigenvalue weighted by molar-refractivity contribution is 5.54. The number of halogens is 1. The lowest BCUT2D eigenvalue weighted by atomic mass is 10.1. The molecule has 2 aromatic carbocycles. The van der Waals surface area contributed by atoms with Gasteiger partial charge in [0, 0.05) is 11.1 Å². The highest BCUT2D eigenvalue weighted by Crippen LogP contribution is 2.21. The number of benzene rings is 2. The van der Waals surface area contributed by atoms with E-state index in [0.29, 0.717) is 23.2 Å². The molecule has 6 nitrogen and oxygen atoms in total. The smallest absolute Gasteiger partial charge is 0.247 e. The molecule has 2 aromatic heterocycles. The highest BCUT2D eigenvalue weighted by Gasteiger charge is 2.14. The van der Waals surface area contributed by atoms with Crippen LogP contribution in [-0.4, -0.2) is 20.3 Å². The van der Waals surface area contributed by atoms with E-state index in [1.807, 2.05) is 31.2 Å². The van der Waals surface area contributed by atoms with Crippen molar-refractivity contribution in [2.45, 2.75) is 13.3 Å². The minimum absolute atomic E-state index is 0.210. The fourth-order valence-electron chi connectivity index (χ4n) is 2.34. The summed E-state index contributed by atoms with van der Waals surface area (Å²) in [6.07, 6.45) is 0.210. The lowest BCUT2D eigenvalue weighted by Gasteiger charge is -1.94. The summed E-state index contributed by atoms with van der Waals surface area (Å²) in [5, 5.41) is 11.8. The molecule has 4 rings (SSSR count). The second kappa shape index (κ2) is 6.27. The maximum atomic E-state index is 13.3. The van der Waals surface area contributed by atoms with Crippen molar-refractivity contribution >= 4 is 0 Å². The molecule has 0 saturated carbocycles. The van der Waals surface area contributed by atoms with Gasteiger partial charge >= 0.3 is 0 Å². The zero-order valence-electron chi connectivity index (χ0n) is 13.3. The van der Waals surface area contributed by atoms with Crippen molar-refractivity contribution in [3.8, 4) is 22.8 Å². The van der Waals surface area contributed by atoms with Crippen LogP contribution < -0.4 is 0 Å². The van der Waals surface area contributed by atoms with Gasteiger partial charge in [-0.25, -0.2) is 4.39 Å². The zero-order valence-corrected chi connectivity index (χ0v) is 13.3. The molecule has 25 heavy (non-hydrogen) atoms. The van der Waals surface area contributed by atoms with Gasteiger partial charge in [0.1, 0.15) is 12.2 Å². The number of nitrogens with zero attached hydrogens (tertiary/aromatic N) is 4. The molecule has 2 heterocycles. The first-order valence-electron chi connectivity index (χ1n) is 7.65. The predicted molar refractivity (Wildman–Crippen MR) is 87.0 cm³/mol. The molecule has 0 amide bonds. The van der Waals surface area contributed by atoms with Crippen LogP contribution in [0.4, 0.5) is 4.39 Å². The Balaban J connectivity index is 1.52. The average Bonchev–Trinajstić information content (AvgIpc) is 3.26. The molecule has 0 fully saturated rings. The maximum absolute atomic E-state index is 13.3. The molecule has 7 heteroatoms. The first kappa shape index (κ1) is 15.2. The molecule has 124 valence electrons. The van der Waals surface area contributed by atoms with Gasteiger partial charge in [-0.2, -0.15) is 4.98 Å². The average molecular weight is 336 g/mol. The third-order valence-corrected chi connectivity index (χ3v) is 3.62. The van der Waals surface area contributed by atoms with E-state index in [2.05, 4.69) is 20.3 Å². The third kappa shape index (κ3) is 3.30. The number of hydrogen-bond acceptors (Lipinski definition) is 6. The minimum Gasteiger partial charge on any atom is -0.420 e. The van der Waals surface area contributed by atoms with Crippen molar-refractivity contribution < 1.29 is 13.3 Å². The van der Waals surface area contributed by atoms with E-state index >= 15 is 0 Å². The van der Waals surface area contributed by atoms with Crippen molar-refractivity contribution in [3.63, 3.8) is 0 Å². The summed E-state index contributed by atoms with van der Waals surface area (Å²) in [5.74, 6) is 1.06. The molecule has 0 unspecified atom stereocenters. The second-order valence-electron chi connectivity index (χ2n) is 5.57. The van der Waals surface area contributed by atoms with E-state index in [-0.39, 0.29) is 18.1 Å². The number of hydrogen-bond donors (Lipinski definition) is 0. The molecule has 4 aromatic rings. The molecular weight excluding hydrogens is 323 g/mol. The molecule has 0 atom stereocenters. The van der Waals surface area contributed by atoms with Crippen LogP contribution in [0, 0.1) is 12.7 Å². The van der Waals surface area contributed by atoms with E-state index in [9.17, 15) is 4.39 Å². The van der Waals surface area contributed by atoms with Gasteiger partial charge in [-0.3, -0.25) is 0 Å². The van der Waals surface area contributed by atoms with Gasteiger partial charge < -0.3 is 8.94 Å². The Morgan fingerprint density at radius 3 is 2.60 bits per heavy atom. The van der Waals surface area contributed by atoms with Crippen molar-refractivity contribution in [2.75, 3.05) is 0 Å². The van der Waals surface area contributed by atoms with Crippen molar-refractivity contribution in [3.05, 3.63) is 71.7 Å². The Kier molecular flexibility index (Phi) is 3.81. The molecule has 0 aliphatic rings. The Labute approximate surface area is 142 Å². The third-order valence-electron chi connectivity index (χ3n) is 3.62. The van der Waals surface area contributed by atoms with Gasteiger partial charge in [0.15, 0.2) is 0 Å². The summed E-state index contributed by atoms with van der Waals surface area (Å²) in [4.78, 5) is 4.34. The van der Waals surface area contributed by atoms with Crippen molar-refractivity contribution in [1.82, 2.24) is 20.3 Å². The van der Waals surface area contributed by atoms with E-state index in [0.717, 1.165) is 11.1 Å². The molecule has 0 spiro atoms. The minimum atomic E-state index is -0.364. The molecular formula is C18H13FN4O2. The van der Waals surface area contributed by atoms with Gasteiger partial charge in [0.2, 0.25) is 23.5 Å². The summed E-state index contributed by atoms with van der Waals surface area (Å²) in [6, 6.07) is 13.8. The van der Waals surface area contributed by atoms with Crippen LogP contribution in [0.25, 0.3) is 22.8 Å². The Bertz CT molecular complexity index is 1010. The highest BCUT2D eigenvalue weighted by atomic mass is 19.1. The Morgan fingerprint density at radius 1 is 0.960 bits per heavy atom. The summed E-state index contributed by atoms with van der Waals surface area (Å²) in [6.45, 7) is 2.01. The summed E-state index contributed by atoms with van der Waals surface area (Å²) in [5.41, 5.74) is 2.54. The molecule has 0 aliphatic carbocycles. The fourth-order valence-corrected chi connectivity index (χ4v) is 2.34. The monoisotopic (exact) mass is 336 g/mol. The number of rotatable bonds is 4. The molecule has 0 radical (unpaired) electrons. The summed E-state index contributed by atoms with van der Waals surface area (Å²) in [7, 11) is 0.